The first kappa shape index (κ1) is 11.1. The van der Waals surface area contributed by atoms with E-state index in [-0.39, 0.29) is 0 Å². The van der Waals surface area contributed by atoms with Gasteiger partial charge in [0.1, 0.15) is 0 Å². The third-order valence-electron chi connectivity index (χ3n) is 1.85. The van der Waals surface area contributed by atoms with Crippen LogP contribution < -0.4 is 5.32 Å². The van der Waals surface area contributed by atoms with E-state index in [1.165, 1.54) is 0 Å². The molecular weight excluding hydrogens is 178 g/mol. The van der Waals surface area contributed by atoms with Crippen LogP contribution in [0.4, 0.5) is 0 Å². The third kappa shape index (κ3) is 4.89. The fraction of sp³-hybridized carbons (Fsp3) is 0.600. The summed E-state index contributed by atoms with van der Waals surface area (Å²) >= 11 is 0. The van der Waals surface area contributed by atoms with Gasteiger partial charge in [0.25, 0.3) is 0 Å². The number of aromatic nitrogens is 2. The van der Waals surface area contributed by atoms with Crippen molar-refractivity contribution in [3.8, 4) is 0 Å². The fourth-order valence-corrected chi connectivity index (χ4v) is 1.04. The number of hydrogen-bond acceptors (Lipinski definition) is 4. The second-order valence-corrected chi connectivity index (χ2v) is 3.95. The smallest absolute Gasteiger partial charge is 0.0768 e. The fourth-order valence-electron chi connectivity index (χ4n) is 1.04. The topological polar surface area (TPSA) is 58.0 Å². The molecular formula is C10H17N3O. The van der Waals surface area contributed by atoms with Crippen molar-refractivity contribution in [1.82, 2.24) is 15.5 Å². The molecule has 0 saturated carbocycles. The lowest BCUT2D eigenvalue weighted by molar-refractivity contribution is 0.0711. The van der Waals surface area contributed by atoms with E-state index in [1.807, 2.05) is 12.1 Å². The molecule has 0 radical (unpaired) electrons. The summed E-state index contributed by atoms with van der Waals surface area (Å²) in [5.41, 5.74) is 0.318. The minimum Gasteiger partial charge on any atom is -0.390 e. The molecule has 0 unspecified atom stereocenters. The summed E-state index contributed by atoms with van der Waals surface area (Å²) in [5.74, 6) is 0. The van der Waals surface area contributed by atoms with E-state index in [0.717, 1.165) is 18.7 Å². The number of rotatable bonds is 5. The van der Waals surface area contributed by atoms with Crippen LogP contribution in [0.25, 0.3) is 0 Å². The van der Waals surface area contributed by atoms with Crippen LogP contribution in [0.3, 0.4) is 0 Å². The zero-order valence-electron chi connectivity index (χ0n) is 8.70. The van der Waals surface area contributed by atoms with Crippen LogP contribution in [0.5, 0.6) is 0 Å². The largest absolute Gasteiger partial charge is 0.390 e. The van der Waals surface area contributed by atoms with E-state index in [1.54, 1.807) is 20.0 Å². The number of nitrogens with zero attached hydrogens (tertiary/aromatic N) is 2. The van der Waals surface area contributed by atoms with Gasteiger partial charge in [0.15, 0.2) is 0 Å². The van der Waals surface area contributed by atoms with Crippen molar-refractivity contribution in [3.63, 3.8) is 0 Å². The van der Waals surface area contributed by atoms with Crippen molar-refractivity contribution in [2.45, 2.75) is 32.4 Å². The van der Waals surface area contributed by atoms with Crippen molar-refractivity contribution in [2.24, 2.45) is 0 Å². The highest BCUT2D eigenvalue weighted by molar-refractivity contribution is 4.98. The van der Waals surface area contributed by atoms with Crippen LogP contribution in [-0.4, -0.2) is 27.4 Å². The van der Waals surface area contributed by atoms with Gasteiger partial charge in [0.2, 0.25) is 0 Å². The van der Waals surface area contributed by atoms with E-state index < -0.39 is 5.60 Å². The third-order valence-corrected chi connectivity index (χ3v) is 1.85. The average Bonchev–Trinajstić information content (AvgIpc) is 2.13. The van der Waals surface area contributed by atoms with E-state index in [9.17, 15) is 5.11 Å². The van der Waals surface area contributed by atoms with Crippen LogP contribution in [0, 0.1) is 0 Å². The summed E-state index contributed by atoms with van der Waals surface area (Å²) in [4.78, 5) is 0. The minimum atomic E-state index is -0.602. The zero-order valence-corrected chi connectivity index (χ0v) is 8.70. The molecule has 0 aliphatic rings. The molecule has 14 heavy (non-hydrogen) atoms. The lowest BCUT2D eigenvalue weighted by Crippen LogP contribution is -2.26. The molecule has 0 aliphatic heterocycles. The van der Waals surface area contributed by atoms with E-state index in [4.69, 9.17) is 0 Å². The molecule has 4 nitrogen and oxygen atoms in total. The molecule has 1 aromatic heterocycles. The van der Waals surface area contributed by atoms with Crippen LogP contribution in [0.2, 0.25) is 0 Å². The first-order chi connectivity index (χ1) is 6.58. The summed E-state index contributed by atoms with van der Waals surface area (Å²) in [7, 11) is 0. The predicted molar refractivity (Wildman–Crippen MR) is 54.7 cm³/mol. The summed E-state index contributed by atoms with van der Waals surface area (Å²) in [5, 5.41) is 20.4. The second kappa shape index (κ2) is 5.02. The van der Waals surface area contributed by atoms with Gasteiger partial charge in [-0.15, -0.1) is 0 Å². The van der Waals surface area contributed by atoms with Crippen LogP contribution >= 0.6 is 0 Å². The van der Waals surface area contributed by atoms with Gasteiger partial charge >= 0.3 is 0 Å². The first-order valence-corrected chi connectivity index (χ1v) is 4.77. The molecule has 2 N–H and O–H groups in total. The molecule has 1 heterocycles. The van der Waals surface area contributed by atoms with Gasteiger partial charge in [-0.3, -0.25) is 0 Å². The van der Waals surface area contributed by atoms with Crippen molar-refractivity contribution < 1.29 is 5.11 Å². The van der Waals surface area contributed by atoms with Crippen LogP contribution in [0.1, 0.15) is 26.0 Å². The Balaban J connectivity index is 2.17. The summed E-state index contributed by atoms with van der Waals surface area (Å²) in [6.07, 6.45) is 2.38. The van der Waals surface area contributed by atoms with Gasteiger partial charge in [-0.1, -0.05) is 0 Å². The van der Waals surface area contributed by atoms with E-state index in [0.29, 0.717) is 6.54 Å². The second-order valence-electron chi connectivity index (χ2n) is 3.95. The minimum absolute atomic E-state index is 0.602. The lowest BCUT2D eigenvalue weighted by atomic mass is 10.1. The summed E-state index contributed by atoms with van der Waals surface area (Å²) < 4.78 is 0. The van der Waals surface area contributed by atoms with Gasteiger partial charge in [-0.25, -0.2) is 0 Å². The van der Waals surface area contributed by atoms with Crippen molar-refractivity contribution in [3.05, 3.63) is 24.0 Å². The summed E-state index contributed by atoms with van der Waals surface area (Å²) in [6, 6.07) is 3.78. The Labute approximate surface area is 84.4 Å². The number of aliphatic hydroxyl groups is 1. The normalized spacial score (nSPS) is 11.6. The zero-order chi connectivity index (χ0) is 10.4. The Kier molecular flexibility index (Phi) is 3.98. The number of nitrogens with one attached hydrogen (secondary N) is 1. The predicted octanol–water partition coefficient (Wildman–Crippen LogP) is 0.727. The molecule has 0 spiro atoms. The monoisotopic (exact) mass is 195 g/mol. The van der Waals surface area contributed by atoms with E-state index in [2.05, 4.69) is 15.5 Å². The van der Waals surface area contributed by atoms with Crippen molar-refractivity contribution >= 4 is 0 Å². The Bertz CT molecular complexity index is 256. The molecule has 4 heteroatoms. The highest BCUT2D eigenvalue weighted by Gasteiger charge is 2.10. The maximum absolute atomic E-state index is 9.45. The van der Waals surface area contributed by atoms with Gasteiger partial charge in [0, 0.05) is 12.7 Å². The Hall–Kier alpha value is -1.00. The summed E-state index contributed by atoms with van der Waals surface area (Å²) in [6.45, 7) is 5.08. The Morgan fingerprint density at radius 3 is 2.86 bits per heavy atom. The Morgan fingerprint density at radius 2 is 2.29 bits per heavy atom. The maximum atomic E-state index is 9.45. The highest BCUT2D eigenvalue weighted by Crippen LogP contribution is 2.05. The maximum Gasteiger partial charge on any atom is 0.0768 e. The van der Waals surface area contributed by atoms with Gasteiger partial charge in [-0.05, 0) is 38.9 Å². The van der Waals surface area contributed by atoms with Gasteiger partial charge in [0.05, 0.1) is 11.3 Å². The molecule has 0 aliphatic carbocycles. The first-order valence-electron chi connectivity index (χ1n) is 4.77. The highest BCUT2D eigenvalue weighted by atomic mass is 16.3. The molecule has 0 atom stereocenters. The van der Waals surface area contributed by atoms with Crippen molar-refractivity contribution in [1.29, 1.82) is 0 Å². The Morgan fingerprint density at radius 1 is 1.50 bits per heavy atom. The molecule has 0 saturated heterocycles. The van der Waals surface area contributed by atoms with Gasteiger partial charge < -0.3 is 10.4 Å². The van der Waals surface area contributed by atoms with Crippen LogP contribution in [-0.2, 0) is 6.54 Å². The molecule has 0 amide bonds. The molecule has 78 valence electrons. The standard InChI is InChI=1S/C10H17N3O/c1-10(2,14)5-7-11-8-9-4-3-6-12-13-9/h3-4,6,11,14H,5,7-8H2,1-2H3. The molecule has 0 aromatic carbocycles. The van der Waals surface area contributed by atoms with E-state index >= 15 is 0 Å². The molecule has 0 bridgehead atoms. The van der Waals surface area contributed by atoms with Gasteiger partial charge in [-0.2, -0.15) is 10.2 Å². The molecule has 1 aromatic rings. The van der Waals surface area contributed by atoms with Crippen molar-refractivity contribution in [2.75, 3.05) is 6.54 Å². The number of hydrogen-bond donors (Lipinski definition) is 2. The lowest BCUT2D eigenvalue weighted by Gasteiger charge is -2.16. The quantitative estimate of drug-likeness (QED) is 0.680. The SMILES string of the molecule is CC(C)(O)CCNCc1cccnn1. The molecule has 0 fully saturated rings. The average molecular weight is 195 g/mol. The molecule has 1 rings (SSSR count). The van der Waals surface area contributed by atoms with Crippen LogP contribution in [0.15, 0.2) is 18.3 Å².